The maximum absolute atomic E-state index is 13.4. The van der Waals surface area contributed by atoms with Crippen molar-refractivity contribution >= 4 is 20.9 Å². The van der Waals surface area contributed by atoms with Crippen LogP contribution in [0.5, 0.6) is 5.75 Å². The molecule has 30 heavy (non-hydrogen) atoms. The minimum atomic E-state index is -3.80. The highest BCUT2D eigenvalue weighted by Gasteiger charge is 2.31. The predicted octanol–water partition coefficient (Wildman–Crippen LogP) is 3.59. The van der Waals surface area contributed by atoms with Gasteiger partial charge in [0.05, 0.1) is 29.0 Å². The lowest BCUT2D eigenvalue weighted by atomic mass is 10.2. The Labute approximate surface area is 177 Å². The zero-order valence-corrected chi connectivity index (χ0v) is 18.5. The van der Waals surface area contributed by atoms with Gasteiger partial charge in [-0.2, -0.15) is 4.31 Å². The van der Waals surface area contributed by atoms with Crippen LogP contribution >= 0.6 is 0 Å². The fourth-order valence-electron chi connectivity index (χ4n) is 3.61. The van der Waals surface area contributed by atoms with E-state index in [-0.39, 0.29) is 17.0 Å². The summed E-state index contributed by atoms with van der Waals surface area (Å²) in [5.41, 5.74) is 0.414. The summed E-state index contributed by atoms with van der Waals surface area (Å²) in [6, 6.07) is 12.8. The van der Waals surface area contributed by atoms with Crippen LogP contribution in [0.4, 0.5) is 0 Å². The molecule has 0 saturated heterocycles. The van der Waals surface area contributed by atoms with E-state index >= 15 is 0 Å². The molecule has 3 rings (SSSR count). The lowest BCUT2D eigenvalue weighted by Crippen LogP contribution is -2.37. The van der Waals surface area contributed by atoms with Crippen LogP contribution < -0.4 is 10.3 Å². The summed E-state index contributed by atoms with van der Waals surface area (Å²) >= 11 is 0. The third-order valence-corrected chi connectivity index (χ3v) is 7.18. The third kappa shape index (κ3) is 3.97. The van der Waals surface area contributed by atoms with Gasteiger partial charge in [-0.05, 0) is 49.7 Å². The summed E-state index contributed by atoms with van der Waals surface area (Å²) in [4.78, 5) is 17.9. The smallest absolute Gasteiger partial charge is 0.261 e. The zero-order chi connectivity index (χ0) is 21.9. The Bertz CT molecular complexity index is 1190. The van der Waals surface area contributed by atoms with Gasteiger partial charge in [0.1, 0.15) is 11.6 Å². The Kier molecular flexibility index (Phi) is 6.58. The first-order valence-electron chi connectivity index (χ1n) is 10.0. The number of nitrogens with zero attached hydrogens (tertiary/aromatic N) is 3. The highest BCUT2D eigenvalue weighted by atomic mass is 32.2. The van der Waals surface area contributed by atoms with Gasteiger partial charge in [-0.25, -0.2) is 13.4 Å². The van der Waals surface area contributed by atoms with Gasteiger partial charge in [0.2, 0.25) is 10.0 Å². The molecule has 160 valence electrons. The van der Waals surface area contributed by atoms with Crippen LogP contribution in [0.1, 0.15) is 39.1 Å². The Morgan fingerprint density at radius 3 is 2.37 bits per heavy atom. The quantitative estimate of drug-likeness (QED) is 0.547. The lowest BCUT2D eigenvalue weighted by Gasteiger charge is -2.28. The molecule has 0 amide bonds. The highest BCUT2D eigenvalue weighted by Crippen LogP contribution is 2.28. The fraction of sp³-hybridized carbons (Fsp3) is 0.364. The molecule has 0 N–H and O–H groups in total. The third-order valence-electron chi connectivity index (χ3n) is 5.12. The van der Waals surface area contributed by atoms with Gasteiger partial charge in [-0.3, -0.25) is 9.36 Å². The molecule has 1 aromatic heterocycles. The van der Waals surface area contributed by atoms with Crippen LogP contribution in [-0.4, -0.2) is 35.9 Å². The van der Waals surface area contributed by atoms with Crippen LogP contribution in [0, 0.1) is 0 Å². The van der Waals surface area contributed by atoms with Gasteiger partial charge in [0, 0.05) is 13.1 Å². The number of hydrogen-bond donors (Lipinski definition) is 0. The largest absolute Gasteiger partial charge is 0.497 e. The van der Waals surface area contributed by atoms with Crippen molar-refractivity contribution in [2.24, 2.45) is 0 Å². The summed E-state index contributed by atoms with van der Waals surface area (Å²) in [7, 11) is -2.27. The minimum Gasteiger partial charge on any atom is -0.497 e. The first-order valence-corrected chi connectivity index (χ1v) is 11.4. The van der Waals surface area contributed by atoms with E-state index in [1.807, 2.05) is 13.0 Å². The molecule has 0 fully saturated rings. The number of rotatable bonds is 8. The average molecular weight is 430 g/mol. The number of methoxy groups -OCH3 is 1. The Balaban J connectivity index is 2.12. The van der Waals surface area contributed by atoms with Crippen molar-refractivity contribution in [1.29, 1.82) is 0 Å². The molecule has 7 nitrogen and oxygen atoms in total. The molecule has 1 heterocycles. The van der Waals surface area contributed by atoms with Crippen molar-refractivity contribution in [3.8, 4) is 5.75 Å². The molecule has 0 saturated carbocycles. The summed E-state index contributed by atoms with van der Waals surface area (Å²) < 4.78 is 34.8. The first-order chi connectivity index (χ1) is 14.3. The van der Waals surface area contributed by atoms with Gasteiger partial charge in [-0.15, -0.1) is 0 Å². The molecule has 0 aliphatic carbocycles. The number of para-hydroxylation sites is 1. The van der Waals surface area contributed by atoms with E-state index in [0.717, 1.165) is 6.42 Å². The maximum atomic E-state index is 13.4. The molecule has 8 heteroatoms. The standard InChI is InChI=1S/C22H27N3O4S/c1-5-15-24-21(23-20-10-8-7-9-19(20)22(24)26)16(3)25(6-2)30(27,28)18-13-11-17(29-4)12-14-18/h7-14,16H,5-6,15H2,1-4H3. The molecular weight excluding hydrogens is 402 g/mol. The van der Waals surface area contributed by atoms with Crippen LogP contribution in [0.3, 0.4) is 0 Å². The fourth-order valence-corrected chi connectivity index (χ4v) is 5.21. The van der Waals surface area contributed by atoms with Crippen LogP contribution in [0.15, 0.2) is 58.2 Å². The molecule has 0 radical (unpaired) electrons. The second-order valence-corrected chi connectivity index (χ2v) is 8.89. The van der Waals surface area contributed by atoms with E-state index in [4.69, 9.17) is 9.72 Å². The van der Waals surface area contributed by atoms with Crippen molar-refractivity contribution in [1.82, 2.24) is 13.9 Å². The number of aromatic nitrogens is 2. The van der Waals surface area contributed by atoms with Gasteiger partial charge in [0.25, 0.3) is 5.56 Å². The van der Waals surface area contributed by atoms with E-state index in [2.05, 4.69) is 0 Å². The van der Waals surface area contributed by atoms with Crippen LogP contribution in [0.2, 0.25) is 0 Å². The molecule has 0 aliphatic rings. The summed E-state index contributed by atoms with van der Waals surface area (Å²) in [5.74, 6) is 1.03. The Morgan fingerprint density at radius 1 is 1.10 bits per heavy atom. The molecule has 0 bridgehead atoms. The molecular formula is C22H27N3O4S. The summed E-state index contributed by atoms with van der Waals surface area (Å²) in [6.45, 7) is 6.23. The monoisotopic (exact) mass is 429 g/mol. The Morgan fingerprint density at radius 2 is 1.77 bits per heavy atom. The van der Waals surface area contributed by atoms with Crippen LogP contribution in [0.25, 0.3) is 10.9 Å². The van der Waals surface area contributed by atoms with Gasteiger partial charge in [-0.1, -0.05) is 26.0 Å². The minimum absolute atomic E-state index is 0.151. The number of ether oxygens (including phenoxy) is 1. The lowest BCUT2D eigenvalue weighted by molar-refractivity contribution is 0.332. The first kappa shape index (κ1) is 22.0. The van der Waals surface area contributed by atoms with Gasteiger partial charge < -0.3 is 4.74 Å². The van der Waals surface area contributed by atoms with Crippen LogP contribution in [-0.2, 0) is 16.6 Å². The molecule has 0 aliphatic heterocycles. The highest BCUT2D eigenvalue weighted by molar-refractivity contribution is 7.89. The second-order valence-electron chi connectivity index (χ2n) is 7.00. The topological polar surface area (TPSA) is 81.5 Å². The number of fused-ring (bicyclic) bond motifs is 1. The molecule has 3 aromatic rings. The maximum Gasteiger partial charge on any atom is 0.261 e. The van der Waals surface area contributed by atoms with Gasteiger partial charge in [0.15, 0.2) is 0 Å². The van der Waals surface area contributed by atoms with E-state index in [1.54, 1.807) is 48.7 Å². The SMILES string of the molecule is CCCn1c(C(C)N(CC)S(=O)(=O)c2ccc(OC)cc2)nc2ccccc2c1=O. The molecule has 1 atom stereocenters. The molecule has 2 aromatic carbocycles. The second kappa shape index (κ2) is 8.97. The number of benzene rings is 2. The average Bonchev–Trinajstić information content (AvgIpc) is 2.76. The predicted molar refractivity (Wildman–Crippen MR) is 117 cm³/mol. The van der Waals surface area contributed by atoms with E-state index in [9.17, 15) is 13.2 Å². The van der Waals surface area contributed by atoms with E-state index < -0.39 is 16.1 Å². The Hall–Kier alpha value is -2.71. The summed E-state index contributed by atoms with van der Waals surface area (Å²) in [6.07, 6.45) is 0.733. The van der Waals surface area contributed by atoms with Crippen molar-refractivity contribution in [2.75, 3.05) is 13.7 Å². The van der Waals surface area contributed by atoms with Crippen molar-refractivity contribution in [3.05, 3.63) is 64.7 Å². The molecule has 0 spiro atoms. The van der Waals surface area contributed by atoms with E-state index in [0.29, 0.717) is 29.0 Å². The van der Waals surface area contributed by atoms with Crippen molar-refractivity contribution in [3.63, 3.8) is 0 Å². The number of sulfonamides is 1. The normalized spacial score (nSPS) is 13.0. The summed E-state index contributed by atoms with van der Waals surface area (Å²) in [5, 5.41) is 0.531. The van der Waals surface area contributed by atoms with Gasteiger partial charge >= 0.3 is 0 Å². The van der Waals surface area contributed by atoms with Crippen molar-refractivity contribution in [2.45, 2.75) is 44.7 Å². The number of hydrogen-bond acceptors (Lipinski definition) is 5. The zero-order valence-electron chi connectivity index (χ0n) is 17.7. The van der Waals surface area contributed by atoms with E-state index in [1.165, 1.54) is 23.5 Å². The van der Waals surface area contributed by atoms with Crippen molar-refractivity contribution < 1.29 is 13.2 Å². The molecule has 1 unspecified atom stereocenters.